The number of esters is 1. The van der Waals surface area contributed by atoms with E-state index in [-0.39, 0.29) is 6.54 Å². The Morgan fingerprint density at radius 3 is 2.67 bits per heavy atom. The second-order valence-electron chi connectivity index (χ2n) is 2.17. The Hall–Kier alpha value is -1.50. The zero-order valence-corrected chi connectivity index (χ0v) is 7.09. The summed E-state index contributed by atoms with van der Waals surface area (Å²) in [5, 5.41) is 2.37. The summed E-state index contributed by atoms with van der Waals surface area (Å²) in [7, 11) is 1.23. The van der Waals surface area contributed by atoms with Crippen molar-refractivity contribution in [1.82, 2.24) is 5.32 Å². The van der Waals surface area contributed by atoms with E-state index in [0.717, 1.165) is 0 Å². The molecule has 0 radical (unpaired) electrons. The third-order valence-corrected chi connectivity index (χ3v) is 1.31. The van der Waals surface area contributed by atoms with Crippen LogP contribution in [0.5, 0.6) is 0 Å². The molecular weight excluding hydrogens is 158 g/mol. The summed E-state index contributed by atoms with van der Waals surface area (Å²) in [6.45, 7) is 1.58. The SMILES string of the molecule is C#CCNC(=O)[C@H](C)C(=O)OC. The number of methoxy groups -OCH3 is 1. The highest BCUT2D eigenvalue weighted by Crippen LogP contribution is 1.96. The molecular formula is C8H11NO3. The van der Waals surface area contributed by atoms with E-state index in [4.69, 9.17) is 6.42 Å². The van der Waals surface area contributed by atoms with Gasteiger partial charge >= 0.3 is 5.97 Å². The lowest BCUT2D eigenvalue weighted by Gasteiger charge is -2.07. The van der Waals surface area contributed by atoms with Gasteiger partial charge in [-0.05, 0) is 6.92 Å². The van der Waals surface area contributed by atoms with Crippen LogP contribution in [0.4, 0.5) is 0 Å². The molecule has 4 heteroatoms. The van der Waals surface area contributed by atoms with Crippen molar-refractivity contribution in [3.05, 3.63) is 0 Å². The Morgan fingerprint density at radius 2 is 2.25 bits per heavy atom. The minimum absolute atomic E-state index is 0.125. The number of amides is 1. The van der Waals surface area contributed by atoms with Gasteiger partial charge < -0.3 is 10.1 Å². The van der Waals surface area contributed by atoms with Crippen LogP contribution in [0.15, 0.2) is 0 Å². The Labute approximate surface area is 71.3 Å². The first-order valence-corrected chi connectivity index (χ1v) is 3.42. The minimum Gasteiger partial charge on any atom is -0.468 e. The zero-order valence-electron chi connectivity index (χ0n) is 7.09. The molecule has 1 atom stereocenters. The van der Waals surface area contributed by atoms with Crippen LogP contribution in [0.3, 0.4) is 0 Å². The summed E-state index contributed by atoms with van der Waals surface area (Å²) in [4.78, 5) is 21.8. The van der Waals surface area contributed by atoms with Crippen molar-refractivity contribution in [3.63, 3.8) is 0 Å². The zero-order chi connectivity index (χ0) is 9.56. The quantitative estimate of drug-likeness (QED) is 0.353. The van der Waals surface area contributed by atoms with Crippen LogP contribution >= 0.6 is 0 Å². The van der Waals surface area contributed by atoms with Gasteiger partial charge in [0.1, 0.15) is 5.92 Å². The highest BCUT2D eigenvalue weighted by molar-refractivity contribution is 5.97. The number of carbonyl (C=O) groups excluding carboxylic acids is 2. The minimum atomic E-state index is -0.802. The lowest BCUT2D eigenvalue weighted by atomic mass is 10.2. The molecule has 0 spiro atoms. The molecule has 66 valence electrons. The van der Waals surface area contributed by atoms with Crippen LogP contribution in [-0.2, 0) is 14.3 Å². The van der Waals surface area contributed by atoms with Gasteiger partial charge in [-0.2, -0.15) is 0 Å². The van der Waals surface area contributed by atoms with Crippen molar-refractivity contribution in [1.29, 1.82) is 0 Å². The van der Waals surface area contributed by atoms with Gasteiger partial charge in [-0.3, -0.25) is 9.59 Å². The third kappa shape index (κ3) is 3.06. The Bertz CT molecular complexity index is 217. The molecule has 0 bridgehead atoms. The summed E-state index contributed by atoms with van der Waals surface area (Å²) < 4.78 is 4.36. The van der Waals surface area contributed by atoms with E-state index in [9.17, 15) is 9.59 Å². The number of ether oxygens (including phenoxy) is 1. The number of rotatable bonds is 3. The van der Waals surface area contributed by atoms with E-state index < -0.39 is 17.8 Å². The van der Waals surface area contributed by atoms with Crippen LogP contribution < -0.4 is 5.32 Å². The average molecular weight is 169 g/mol. The molecule has 1 amide bonds. The summed E-state index contributed by atoms with van der Waals surface area (Å²) in [6, 6.07) is 0. The Morgan fingerprint density at radius 1 is 1.67 bits per heavy atom. The van der Waals surface area contributed by atoms with E-state index in [1.165, 1.54) is 14.0 Å². The Kier molecular flexibility index (Phi) is 4.54. The monoisotopic (exact) mass is 169 g/mol. The van der Waals surface area contributed by atoms with E-state index in [1.807, 2.05) is 0 Å². The van der Waals surface area contributed by atoms with Gasteiger partial charge in [-0.25, -0.2) is 0 Å². The number of hydrogen-bond acceptors (Lipinski definition) is 3. The van der Waals surface area contributed by atoms with Gasteiger partial charge in [0.25, 0.3) is 0 Å². The Balaban J connectivity index is 3.94. The van der Waals surface area contributed by atoms with Crippen molar-refractivity contribution in [3.8, 4) is 12.3 Å². The molecule has 0 aromatic heterocycles. The van der Waals surface area contributed by atoms with E-state index >= 15 is 0 Å². The van der Waals surface area contributed by atoms with Gasteiger partial charge in [-0.1, -0.05) is 5.92 Å². The van der Waals surface area contributed by atoms with Gasteiger partial charge in [0.15, 0.2) is 0 Å². The highest BCUT2D eigenvalue weighted by Gasteiger charge is 2.20. The summed E-state index contributed by atoms with van der Waals surface area (Å²) in [5.74, 6) is 0.442. The van der Waals surface area contributed by atoms with E-state index in [2.05, 4.69) is 16.0 Å². The topological polar surface area (TPSA) is 55.4 Å². The highest BCUT2D eigenvalue weighted by atomic mass is 16.5. The van der Waals surface area contributed by atoms with Gasteiger partial charge in [0.2, 0.25) is 5.91 Å². The lowest BCUT2D eigenvalue weighted by Crippen LogP contribution is -2.34. The number of terminal acetylenes is 1. The van der Waals surface area contributed by atoms with Crippen LogP contribution in [-0.4, -0.2) is 25.5 Å². The van der Waals surface area contributed by atoms with Gasteiger partial charge in [0, 0.05) is 0 Å². The molecule has 0 rings (SSSR count). The number of nitrogens with one attached hydrogen (secondary N) is 1. The van der Waals surface area contributed by atoms with Crippen molar-refractivity contribution >= 4 is 11.9 Å². The van der Waals surface area contributed by atoms with Crippen molar-refractivity contribution in [2.75, 3.05) is 13.7 Å². The van der Waals surface area contributed by atoms with E-state index in [1.54, 1.807) is 0 Å². The average Bonchev–Trinajstić information content (AvgIpc) is 2.11. The van der Waals surface area contributed by atoms with Gasteiger partial charge in [0.05, 0.1) is 13.7 Å². The van der Waals surface area contributed by atoms with Crippen molar-refractivity contribution < 1.29 is 14.3 Å². The summed E-state index contributed by atoms with van der Waals surface area (Å²) >= 11 is 0. The maximum atomic E-state index is 11.0. The van der Waals surface area contributed by atoms with Crippen molar-refractivity contribution in [2.24, 2.45) is 5.92 Å². The predicted octanol–water partition coefficient (Wildman–Crippen LogP) is -0.455. The standard InChI is InChI=1S/C8H11NO3/c1-4-5-9-7(10)6(2)8(11)12-3/h1,6H,5H2,2-3H3,(H,9,10)/t6-/m0/s1. The second-order valence-corrected chi connectivity index (χ2v) is 2.17. The molecule has 0 aromatic carbocycles. The molecule has 0 saturated heterocycles. The van der Waals surface area contributed by atoms with Crippen molar-refractivity contribution in [2.45, 2.75) is 6.92 Å². The molecule has 0 fully saturated rings. The first-order chi connectivity index (χ1) is 5.63. The largest absolute Gasteiger partial charge is 0.468 e. The maximum Gasteiger partial charge on any atom is 0.317 e. The summed E-state index contributed by atoms with van der Waals surface area (Å²) in [6.07, 6.45) is 4.90. The smallest absolute Gasteiger partial charge is 0.317 e. The maximum absolute atomic E-state index is 11.0. The molecule has 0 aromatic rings. The van der Waals surface area contributed by atoms with Gasteiger partial charge in [-0.15, -0.1) is 6.42 Å². The molecule has 0 unspecified atom stereocenters. The fourth-order valence-corrected chi connectivity index (χ4v) is 0.575. The molecule has 12 heavy (non-hydrogen) atoms. The molecule has 0 aliphatic carbocycles. The third-order valence-electron chi connectivity index (χ3n) is 1.31. The van der Waals surface area contributed by atoms with Crippen LogP contribution in [0.1, 0.15) is 6.92 Å². The van der Waals surface area contributed by atoms with Crippen LogP contribution in [0, 0.1) is 18.3 Å². The molecule has 0 saturated carbocycles. The molecule has 0 aliphatic rings. The van der Waals surface area contributed by atoms with Crippen LogP contribution in [0.25, 0.3) is 0 Å². The fraction of sp³-hybridized carbons (Fsp3) is 0.500. The predicted molar refractivity (Wildman–Crippen MR) is 43.0 cm³/mol. The summed E-state index contributed by atoms with van der Waals surface area (Å²) in [5.41, 5.74) is 0. The first kappa shape index (κ1) is 10.5. The molecule has 0 heterocycles. The second kappa shape index (κ2) is 5.19. The lowest BCUT2D eigenvalue weighted by molar-refractivity contribution is -0.149. The molecule has 4 nitrogen and oxygen atoms in total. The fourth-order valence-electron chi connectivity index (χ4n) is 0.575. The number of hydrogen-bond donors (Lipinski definition) is 1. The van der Waals surface area contributed by atoms with E-state index in [0.29, 0.717) is 0 Å². The first-order valence-electron chi connectivity index (χ1n) is 3.42. The van der Waals surface area contributed by atoms with Crippen LogP contribution in [0.2, 0.25) is 0 Å². The molecule has 0 aliphatic heterocycles. The molecule has 1 N–H and O–H groups in total. The number of carbonyl (C=O) groups is 2. The normalized spacial score (nSPS) is 11.1.